The minimum absolute atomic E-state index is 0.0937. The van der Waals surface area contributed by atoms with Crippen LogP contribution in [0, 0.1) is 0 Å². The second-order valence-corrected chi connectivity index (χ2v) is 6.67. The normalized spacial score (nSPS) is 12.8. The first-order valence-corrected chi connectivity index (χ1v) is 9.20. The molecule has 1 N–H and O–H groups in total. The maximum absolute atomic E-state index is 12.5. The quantitative estimate of drug-likeness (QED) is 0.518. The smallest absolute Gasteiger partial charge is 0.322 e. The van der Waals surface area contributed by atoms with Gasteiger partial charge < -0.3 is 15.1 Å². The molecule has 5 heteroatoms. The van der Waals surface area contributed by atoms with Crippen molar-refractivity contribution < 1.29 is 9.63 Å². The predicted molar refractivity (Wildman–Crippen MR) is 110 cm³/mol. The number of nitrogens with zero attached hydrogens (tertiary/aromatic N) is 2. The van der Waals surface area contributed by atoms with E-state index in [0.717, 1.165) is 16.8 Å². The summed E-state index contributed by atoms with van der Waals surface area (Å²) in [6, 6.07) is 25.4. The number of hydrogen-bond acceptors (Lipinski definition) is 3. The summed E-state index contributed by atoms with van der Waals surface area (Å²) in [6.45, 7) is 1.72. The van der Waals surface area contributed by atoms with Gasteiger partial charge in [-0.15, -0.1) is 0 Å². The minimum Gasteiger partial charge on any atom is -0.391 e. The van der Waals surface area contributed by atoms with E-state index in [1.165, 1.54) is 11.1 Å². The van der Waals surface area contributed by atoms with Crippen molar-refractivity contribution in [2.45, 2.75) is 19.7 Å². The van der Waals surface area contributed by atoms with Crippen LogP contribution >= 0.6 is 0 Å². The average molecular weight is 371 g/mol. The van der Waals surface area contributed by atoms with Crippen LogP contribution in [0.4, 0.5) is 10.5 Å². The van der Waals surface area contributed by atoms with E-state index in [0.29, 0.717) is 19.7 Å². The van der Waals surface area contributed by atoms with Gasteiger partial charge in [0.05, 0.1) is 6.21 Å². The zero-order valence-electron chi connectivity index (χ0n) is 15.4. The lowest BCUT2D eigenvalue weighted by molar-refractivity contribution is 0.132. The molecular weight excluding hydrogens is 350 g/mol. The second-order valence-electron chi connectivity index (χ2n) is 6.67. The molecule has 1 aliphatic heterocycles. The van der Waals surface area contributed by atoms with E-state index in [-0.39, 0.29) is 6.03 Å². The van der Waals surface area contributed by atoms with Gasteiger partial charge in [-0.1, -0.05) is 71.9 Å². The van der Waals surface area contributed by atoms with E-state index in [1.807, 2.05) is 66.7 Å². The fraction of sp³-hybridized carbons (Fsp3) is 0.130. The van der Waals surface area contributed by atoms with Gasteiger partial charge in [-0.2, -0.15) is 0 Å². The summed E-state index contributed by atoms with van der Waals surface area (Å²) in [4.78, 5) is 19.6. The van der Waals surface area contributed by atoms with Crippen molar-refractivity contribution in [1.82, 2.24) is 4.90 Å². The van der Waals surface area contributed by atoms with Gasteiger partial charge in [-0.3, -0.25) is 0 Å². The van der Waals surface area contributed by atoms with Crippen molar-refractivity contribution in [2.75, 3.05) is 5.32 Å². The highest BCUT2D eigenvalue weighted by Gasteiger charge is 2.22. The van der Waals surface area contributed by atoms with Crippen molar-refractivity contribution in [1.29, 1.82) is 0 Å². The molecular formula is C23H21N3O2. The molecule has 3 aromatic carbocycles. The number of hydrogen-bond donors (Lipinski definition) is 1. The lowest BCUT2D eigenvalue weighted by atomic mass is 10.1. The number of nitrogens with one attached hydrogen (secondary N) is 1. The monoisotopic (exact) mass is 371 g/mol. The van der Waals surface area contributed by atoms with Crippen LogP contribution < -0.4 is 5.32 Å². The number of fused-ring (bicyclic) bond motifs is 1. The van der Waals surface area contributed by atoms with Crippen LogP contribution in [0.1, 0.15) is 22.3 Å². The maximum Gasteiger partial charge on any atom is 0.322 e. The molecule has 3 aromatic rings. The van der Waals surface area contributed by atoms with Crippen LogP contribution in [0.15, 0.2) is 84.0 Å². The first-order chi connectivity index (χ1) is 13.8. The van der Waals surface area contributed by atoms with Gasteiger partial charge in [0, 0.05) is 18.8 Å². The Morgan fingerprint density at radius 3 is 2.25 bits per heavy atom. The van der Waals surface area contributed by atoms with Gasteiger partial charge in [-0.25, -0.2) is 4.79 Å². The first kappa shape index (κ1) is 17.8. The minimum atomic E-state index is -0.0937. The fourth-order valence-electron chi connectivity index (χ4n) is 3.12. The Labute approximate surface area is 164 Å². The standard InChI is InChI=1S/C23H21N3O2/c27-23(26-15-20-8-4-5-9-21(20)16-26)25-22-12-10-18(11-13-22)14-24-28-17-19-6-2-1-3-7-19/h1-14H,15-17H2,(H,25,27)/b24-14-. The van der Waals surface area contributed by atoms with Gasteiger partial charge in [0.2, 0.25) is 0 Å². The summed E-state index contributed by atoms with van der Waals surface area (Å²) in [6.07, 6.45) is 1.66. The molecule has 1 aliphatic rings. The van der Waals surface area contributed by atoms with Crippen molar-refractivity contribution >= 4 is 17.9 Å². The third-order valence-corrected chi connectivity index (χ3v) is 4.64. The van der Waals surface area contributed by atoms with Crippen LogP contribution in [-0.4, -0.2) is 17.1 Å². The fourth-order valence-corrected chi connectivity index (χ4v) is 3.12. The zero-order valence-corrected chi connectivity index (χ0v) is 15.4. The number of carbonyl (C=O) groups is 1. The van der Waals surface area contributed by atoms with E-state index in [4.69, 9.17) is 4.84 Å². The van der Waals surface area contributed by atoms with Crippen LogP contribution in [0.25, 0.3) is 0 Å². The van der Waals surface area contributed by atoms with Crippen molar-refractivity contribution in [2.24, 2.45) is 5.16 Å². The third kappa shape index (κ3) is 4.38. The number of benzene rings is 3. The molecule has 0 atom stereocenters. The summed E-state index contributed by atoms with van der Waals surface area (Å²) < 4.78 is 0. The lowest BCUT2D eigenvalue weighted by Crippen LogP contribution is -2.30. The highest BCUT2D eigenvalue weighted by atomic mass is 16.6. The lowest BCUT2D eigenvalue weighted by Gasteiger charge is -2.16. The zero-order chi connectivity index (χ0) is 19.2. The summed E-state index contributed by atoms with van der Waals surface area (Å²) in [5, 5.41) is 6.94. The molecule has 0 unspecified atom stereocenters. The molecule has 0 fully saturated rings. The largest absolute Gasteiger partial charge is 0.391 e. The molecule has 0 radical (unpaired) electrons. The molecule has 140 valence electrons. The molecule has 0 aliphatic carbocycles. The molecule has 0 bridgehead atoms. The predicted octanol–water partition coefficient (Wildman–Crippen LogP) is 4.79. The molecule has 28 heavy (non-hydrogen) atoms. The van der Waals surface area contributed by atoms with E-state index in [2.05, 4.69) is 22.6 Å². The van der Waals surface area contributed by atoms with Gasteiger partial charge in [0.1, 0.15) is 6.61 Å². The first-order valence-electron chi connectivity index (χ1n) is 9.20. The molecule has 0 spiro atoms. The van der Waals surface area contributed by atoms with Crippen LogP contribution in [0.5, 0.6) is 0 Å². The van der Waals surface area contributed by atoms with E-state index in [1.54, 1.807) is 11.1 Å². The van der Waals surface area contributed by atoms with Crippen LogP contribution in [-0.2, 0) is 24.5 Å². The Kier molecular flexibility index (Phi) is 5.33. The summed E-state index contributed by atoms with van der Waals surface area (Å²) >= 11 is 0. The molecule has 2 amide bonds. The van der Waals surface area contributed by atoms with E-state index in [9.17, 15) is 4.79 Å². The average Bonchev–Trinajstić information content (AvgIpc) is 3.18. The number of amides is 2. The summed E-state index contributed by atoms with van der Waals surface area (Å²) in [5.41, 5.74) is 5.14. The van der Waals surface area contributed by atoms with Crippen molar-refractivity contribution in [3.63, 3.8) is 0 Å². The molecule has 5 nitrogen and oxygen atoms in total. The maximum atomic E-state index is 12.5. The Morgan fingerprint density at radius 1 is 0.929 bits per heavy atom. The molecule has 0 saturated heterocycles. The molecule has 0 saturated carbocycles. The Morgan fingerprint density at radius 2 is 1.57 bits per heavy atom. The Hall–Kier alpha value is -3.60. The summed E-state index contributed by atoms with van der Waals surface area (Å²) in [7, 11) is 0. The summed E-state index contributed by atoms with van der Waals surface area (Å²) in [5.74, 6) is 0. The Bertz CT molecular complexity index is 944. The van der Waals surface area contributed by atoms with Gasteiger partial charge in [0.15, 0.2) is 0 Å². The number of urea groups is 1. The number of oxime groups is 1. The number of anilines is 1. The Balaban J connectivity index is 1.27. The van der Waals surface area contributed by atoms with Crippen molar-refractivity contribution in [3.05, 3.63) is 101 Å². The number of rotatable bonds is 5. The van der Waals surface area contributed by atoms with Crippen molar-refractivity contribution in [3.8, 4) is 0 Å². The highest BCUT2D eigenvalue weighted by Crippen LogP contribution is 2.23. The third-order valence-electron chi connectivity index (χ3n) is 4.64. The molecule has 4 rings (SSSR count). The molecule has 0 aromatic heterocycles. The highest BCUT2D eigenvalue weighted by molar-refractivity contribution is 5.90. The van der Waals surface area contributed by atoms with Gasteiger partial charge >= 0.3 is 6.03 Å². The van der Waals surface area contributed by atoms with E-state index >= 15 is 0 Å². The second kappa shape index (κ2) is 8.39. The van der Waals surface area contributed by atoms with Crippen LogP contribution in [0.2, 0.25) is 0 Å². The number of carbonyl (C=O) groups excluding carboxylic acids is 1. The van der Waals surface area contributed by atoms with Crippen LogP contribution in [0.3, 0.4) is 0 Å². The molecule has 1 heterocycles. The topological polar surface area (TPSA) is 53.9 Å². The van der Waals surface area contributed by atoms with E-state index < -0.39 is 0 Å². The SMILES string of the molecule is O=C(Nc1ccc(/C=N\OCc2ccccc2)cc1)N1Cc2ccccc2C1. The van der Waals surface area contributed by atoms with Gasteiger partial charge in [0.25, 0.3) is 0 Å². The van der Waals surface area contributed by atoms with Gasteiger partial charge in [-0.05, 0) is 34.4 Å².